The van der Waals surface area contributed by atoms with Crippen LogP contribution in [-0.2, 0) is 0 Å². The van der Waals surface area contributed by atoms with E-state index in [0.717, 1.165) is 22.9 Å². The van der Waals surface area contributed by atoms with Gasteiger partial charge in [-0.3, -0.25) is 0 Å². The Morgan fingerprint density at radius 1 is 1.04 bits per heavy atom. The average Bonchev–Trinajstić information content (AvgIpc) is 2.59. The second kappa shape index (κ2) is 9.34. The van der Waals surface area contributed by atoms with E-state index in [-0.39, 0.29) is 12.4 Å². The van der Waals surface area contributed by atoms with E-state index in [4.69, 9.17) is 14.2 Å². The second-order valence-electron chi connectivity index (χ2n) is 5.84. The number of quaternary nitrogens is 1. The normalized spacial score (nSPS) is 11.4. The van der Waals surface area contributed by atoms with Crippen LogP contribution in [0.4, 0.5) is 0 Å². The number of fused-ring (bicyclic) bond motifs is 1. The Balaban J connectivity index is 0.00000312. The standard InChI is InChI=1S/C18H24N2O4.ClH/c1-20(2)9-8-15(19-21)12-6-7-14-13(10-12)11-16(22-3)18(24-5)17(14)23-4;/h6-7,10-11,21H,8-9H2,1-5H3;1H/b19-15+;. The van der Waals surface area contributed by atoms with Crippen LogP contribution >= 0.6 is 0 Å². The molecule has 0 unspecified atom stereocenters. The zero-order valence-corrected chi connectivity index (χ0v) is 16.0. The summed E-state index contributed by atoms with van der Waals surface area (Å²) in [6, 6.07) is 7.74. The van der Waals surface area contributed by atoms with Crippen LogP contribution in [0.25, 0.3) is 10.8 Å². The minimum Gasteiger partial charge on any atom is -1.00 e. The average molecular weight is 369 g/mol. The molecule has 2 aromatic carbocycles. The van der Waals surface area contributed by atoms with E-state index in [1.54, 1.807) is 21.3 Å². The number of hydrogen-bond donors (Lipinski definition) is 2. The summed E-state index contributed by atoms with van der Waals surface area (Å²) in [6.45, 7) is 0.882. The second-order valence-corrected chi connectivity index (χ2v) is 5.84. The van der Waals surface area contributed by atoms with Crippen molar-refractivity contribution >= 4 is 16.5 Å². The Morgan fingerprint density at radius 2 is 1.72 bits per heavy atom. The molecule has 0 aliphatic heterocycles. The van der Waals surface area contributed by atoms with Crippen LogP contribution < -0.4 is 31.5 Å². The third-order valence-corrected chi connectivity index (χ3v) is 3.96. The van der Waals surface area contributed by atoms with Crippen molar-refractivity contribution in [1.29, 1.82) is 0 Å². The number of rotatable bonds is 7. The van der Waals surface area contributed by atoms with Crippen molar-refractivity contribution in [2.45, 2.75) is 6.42 Å². The molecule has 7 heteroatoms. The van der Waals surface area contributed by atoms with Crippen LogP contribution in [0.15, 0.2) is 29.4 Å². The van der Waals surface area contributed by atoms with Gasteiger partial charge in [-0.05, 0) is 23.6 Å². The van der Waals surface area contributed by atoms with Gasteiger partial charge in [-0.25, -0.2) is 0 Å². The minimum absolute atomic E-state index is 0. The molecule has 138 valence electrons. The number of ether oxygens (including phenoxy) is 3. The van der Waals surface area contributed by atoms with Gasteiger partial charge in [0.2, 0.25) is 5.75 Å². The Labute approximate surface area is 154 Å². The maximum atomic E-state index is 9.36. The van der Waals surface area contributed by atoms with Crippen molar-refractivity contribution in [3.8, 4) is 17.2 Å². The van der Waals surface area contributed by atoms with Gasteiger partial charge < -0.3 is 36.7 Å². The Bertz CT molecular complexity index is 747. The largest absolute Gasteiger partial charge is 1.00 e. The van der Waals surface area contributed by atoms with Gasteiger partial charge >= 0.3 is 0 Å². The third kappa shape index (κ3) is 4.46. The molecular formula is C18H25ClN2O4. The third-order valence-electron chi connectivity index (χ3n) is 3.96. The molecule has 25 heavy (non-hydrogen) atoms. The van der Waals surface area contributed by atoms with Crippen molar-refractivity contribution in [1.82, 2.24) is 0 Å². The maximum absolute atomic E-state index is 9.36. The lowest BCUT2D eigenvalue weighted by Gasteiger charge is -2.15. The number of methoxy groups -OCH3 is 3. The summed E-state index contributed by atoms with van der Waals surface area (Å²) in [5, 5.41) is 14.7. The summed E-state index contributed by atoms with van der Waals surface area (Å²) in [5.74, 6) is 1.78. The van der Waals surface area contributed by atoms with Crippen molar-refractivity contribution in [3.63, 3.8) is 0 Å². The van der Waals surface area contributed by atoms with Gasteiger partial charge in [-0.1, -0.05) is 11.2 Å². The first kappa shape index (κ1) is 20.9. The fourth-order valence-electron chi connectivity index (χ4n) is 2.68. The fourth-order valence-corrected chi connectivity index (χ4v) is 2.68. The van der Waals surface area contributed by atoms with Crippen molar-refractivity contribution in [2.24, 2.45) is 5.16 Å². The first-order valence-electron chi connectivity index (χ1n) is 7.78. The van der Waals surface area contributed by atoms with Crippen molar-refractivity contribution in [2.75, 3.05) is 42.0 Å². The molecule has 0 saturated carbocycles. The van der Waals surface area contributed by atoms with E-state index >= 15 is 0 Å². The van der Waals surface area contributed by atoms with Gasteiger partial charge in [0.1, 0.15) is 0 Å². The molecule has 0 spiro atoms. The lowest BCUT2D eigenvalue weighted by atomic mass is 10.0. The molecule has 0 heterocycles. The van der Waals surface area contributed by atoms with Crippen molar-refractivity contribution in [3.05, 3.63) is 29.8 Å². The SMILES string of the molecule is COc1cc2cc(/C(CC[NH+](C)C)=N/O)ccc2c(OC)c1OC.[Cl-]. The highest BCUT2D eigenvalue weighted by Gasteiger charge is 2.17. The summed E-state index contributed by atoms with van der Waals surface area (Å²) in [7, 11) is 8.91. The van der Waals surface area contributed by atoms with Crippen LogP contribution in [-0.4, -0.2) is 52.9 Å². The number of hydrogen-bond acceptors (Lipinski definition) is 5. The monoisotopic (exact) mass is 368 g/mol. The lowest BCUT2D eigenvalue weighted by molar-refractivity contribution is -0.857. The number of halogens is 1. The summed E-state index contributed by atoms with van der Waals surface area (Å²) in [5.41, 5.74) is 1.53. The zero-order chi connectivity index (χ0) is 17.7. The summed E-state index contributed by atoms with van der Waals surface area (Å²) >= 11 is 0. The highest BCUT2D eigenvalue weighted by Crippen LogP contribution is 2.43. The number of oxime groups is 1. The fraction of sp³-hybridized carbons (Fsp3) is 0.389. The molecule has 0 bridgehead atoms. The molecule has 0 radical (unpaired) electrons. The minimum atomic E-state index is 0. The summed E-state index contributed by atoms with van der Waals surface area (Å²) < 4.78 is 16.3. The molecule has 2 N–H and O–H groups in total. The molecule has 0 fully saturated rings. The molecule has 0 saturated heterocycles. The molecule has 0 atom stereocenters. The number of nitrogens with one attached hydrogen (secondary N) is 1. The van der Waals surface area contributed by atoms with Gasteiger partial charge in [-0.2, -0.15) is 0 Å². The van der Waals surface area contributed by atoms with Crippen LogP contribution in [0.1, 0.15) is 12.0 Å². The van der Waals surface area contributed by atoms with Gasteiger partial charge in [0.05, 0.1) is 47.7 Å². The Kier molecular flexibility index (Phi) is 7.80. The summed E-state index contributed by atoms with van der Waals surface area (Å²) in [4.78, 5) is 1.30. The zero-order valence-electron chi connectivity index (χ0n) is 15.2. The predicted octanol–water partition coefficient (Wildman–Crippen LogP) is -1.42. The first-order chi connectivity index (χ1) is 11.5. The van der Waals surface area contributed by atoms with E-state index in [1.807, 2.05) is 24.3 Å². The van der Waals surface area contributed by atoms with E-state index < -0.39 is 0 Å². The number of nitrogens with zero attached hydrogens (tertiary/aromatic N) is 1. The van der Waals surface area contributed by atoms with Gasteiger partial charge in [0.25, 0.3) is 0 Å². The predicted molar refractivity (Wildman–Crippen MR) is 94.2 cm³/mol. The quantitative estimate of drug-likeness (QED) is 0.358. The van der Waals surface area contributed by atoms with Gasteiger partial charge in [0, 0.05) is 17.4 Å². The van der Waals surface area contributed by atoms with E-state index in [2.05, 4.69) is 19.3 Å². The lowest BCUT2D eigenvalue weighted by Crippen LogP contribution is -3.05. The van der Waals surface area contributed by atoms with Crippen LogP contribution in [0.2, 0.25) is 0 Å². The molecule has 0 aromatic heterocycles. The van der Waals surface area contributed by atoms with Crippen LogP contribution in [0, 0.1) is 0 Å². The molecule has 2 aromatic rings. The van der Waals surface area contributed by atoms with E-state index in [0.29, 0.717) is 29.4 Å². The molecule has 0 amide bonds. The summed E-state index contributed by atoms with van der Waals surface area (Å²) in [6.07, 6.45) is 0.689. The van der Waals surface area contributed by atoms with Crippen LogP contribution in [0.3, 0.4) is 0 Å². The molecule has 6 nitrogen and oxygen atoms in total. The van der Waals surface area contributed by atoms with E-state index in [1.165, 1.54) is 4.90 Å². The Morgan fingerprint density at radius 3 is 2.24 bits per heavy atom. The Hall–Kier alpha value is -2.18. The first-order valence-corrected chi connectivity index (χ1v) is 7.78. The maximum Gasteiger partial charge on any atom is 0.203 e. The van der Waals surface area contributed by atoms with Crippen LogP contribution in [0.5, 0.6) is 17.2 Å². The van der Waals surface area contributed by atoms with Gasteiger partial charge in [-0.15, -0.1) is 0 Å². The molecular weight excluding hydrogens is 344 g/mol. The van der Waals surface area contributed by atoms with E-state index in [9.17, 15) is 5.21 Å². The molecule has 0 aliphatic carbocycles. The smallest absolute Gasteiger partial charge is 0.203 e. The highest BCUT2D eigenvalue weighted by atomic mass is 35.5. The highest BCUT2D eigenvalue weighted by molar-refractivity contribution is 6.04. The van der Waals surface area contributed by atoms with Crippen molar-refractivity contribution < 1.29 is 36.7 Å². The topological polar surface area (TPSA) is 64.7 Å². The number of benzene rings is 2. The molecule has 2 rings (SSSR count). The molecule has 0 aliphatic rings. The van der Waals surface area contributed by atoms with Gasteiger partial charge in [0.15, 0.2) is 11.5 Å².